The minimum Gasteiger partial charge on any atom is -0.453 e. The highest BCUT2D eigenvalue weighted by molar-refractivity contribution is 5.79. The molecule has 0 radical (unpaired) electrons. The van der Waals surface area contributed by atoms with Crippen LogP contribution in [0.2, 0.25) is 0 Å². The van der Waals surface area contributed by atoms with E-state index in [1.165, 1.54) is 12.1 Å². The molecule has 4 heteroatoms. The fourth-order valence-electron chi connectivity index (χ4n) is 1.89. The summed E-state index contributed by atoms with van der Waals surface area (Å²) >= 11 is 0. The van der Waals surface area contributed by atoms with Crippen molar-refractivity contribution in [2.45, 2.75) is 0 Å². The van der Waals surface area contributed by atoms with E-state index in [1.54, 1.807) is 12.3 Å². The van der Waals surface area contributed by atoms with Crippen LogP contribution in [0.5, 0.6) is 11.5 Å². The number of para-hydroxylation sites is 1. The van der Waals surface area contributed by atoms with Crippen LogP contribution in [-0.4, -0.2) is 4.98 Å². The minimum atomic E-state index is -0.572. The third-order valence-electron chi connectivity index (χ3n) is 2.85. The number of nitrogens with zero attached hydrogens (tertiary/aromatic N) is 2. The lowest BCUT2D eigenvalue weighted by molar-refractivity contribution is 0.441. The van der Waals surface area contributed by atoms with Crippen LogP contribution >= 0.6 is 0 Å². The Labute approximate surface area is 114 Å². The van der Waals surface area contributed by atoms with Gasteiger partial charge in [-0.25, -0.2) is 4.39 Å². The lowest BCUT2D eigenvalue weighted by Gasteiger charge is -2.07. The Kier molecular flexibility index (Phi) is 3.02. The molecule has 0 saturated carbocycles. The highest BCUT2D eigenvalue weighted by Gasteiger charge is 2.07. The maximum absolute atomic E-state index is 13.7. The van der Waals surface area contributed by atoms with Crippen molar-refractivity contribution in [2.75, 3.05) is 0 Å². The monoisotopic (exact) mass is 264 g/mol. The molecule has 0 aliphatic heterocycles. The van der Waals surface area contributed by atoms with Crippen molar-refractivity contribution in [2.24, 2.45) is 0 Å². The third kappa shape index (κ3) is 2.29. The number of nitriles is 1. The second-order valence-corrected chi connectivity index (χ2v) is 4.22. The molecular formula is C16H9FN2O. The van der Waals surface area contributed by atoms with Gasteiger partial charge in [0, 0.05) is 5.39 Å². The number of halogens is 1. The highest BCUT2D eigenvalue weighted by Crippen LogP contribution is 2.26. The van der Waals surface area contributed by atoms with Crippen LogP contribution in [0.1, 0.15) is 5.56 Å². The number of fused-ring (bicyclic) bond motifs is 1. The summed E-state index contributed by atoms with van der Waals surface area (Å²) < 4.78 is 19.2. The minimum absolute atomic E-state index is 0.0704. The van der Waals surface area contributed by atoms with Gasteiger partial charge in [-0.2, -0.15) is 5.26 Å². The average molecular weight is 264 g/mol. The lowest BCUT2D eigenvalue weighted by atomic mass is 10.2. The van der Waals surface area contributed by atoms with Gasteiger partial charge in [-0.15, -0.1) is 0 Å². The first-order valence-corrected chi connectivity index (χ1v) is 5.98. The van der Waals surface area contributed by atoms with Crippen LogP contribution in [0, 0.1) is 17.1 Å². The van der Waals surface area contributed by atoms with Gasteiger partial charge in [-0.3, -0.25) is 4.98 Å². The Morgan fingerprint density at radius 3 is 2.75 bits per heavy atom. The van der Waals surface area contributed by atoms with Crippen molar-refractivity contribution in [3.63, 3.8) is 0 Å². The van der Waals surface area contributed by atoms with Gasteiger partial charge in [-0.1, -0.05) is 18.2 Å². The molecule has 3 rings (SSSR count). The zero-order valence-electron chi connectivity index (χ0n) is 10.4. The molecule has 0 fully saturated rings. The molecule has 0 saturated heterocycles. The topological polar surface area (TPSA) is 45.9 Å². The number of pyridine rings is 1. The number of benzene rings is 2. The molecule has 20 heavy (non-hydrogen) atoms. The zero-order chi connectivity index (χ0) is 13.9. The smallest absolute Gasteiger partial charge is 0.167 e. The van der Waals surface area contributed by atoms with Crippen LogP contribution in [0.25, 0.3) is 10.9 Å². The maximum atomic E-state index is 13.7. The van der Waals surface area contributed by atoms with Gasteiger partial charge in [0.2, 0.25) is 0 Å². The molecule has 0 atom stereocenters. The van der Waals surface area contributed by atoms with Gasteiger partial charge in [0.15, 0.2) is 11.6 Å². The summed E-state index contributed by atoms with van der Waals surface area (Å²) in [5.74, 6) is -0.0504. The molecule has 96 valence electrons. The molecule has 1 aromatic heterocycles. The Morgan fingerprint density at radius 1 is 1.10 bits per heavy atom. The summed E-state index contributed by atoms with van der Waals surface area (Å²) in [5.41, 5.74) is 1.10. The molecule has 1 heterocycles. The van der Waals surface area contributed by atoms with Gasteiger partial charge in [0.25, 0.3) is 0 Å². The van der Waals surface area contributed by atoms with Crippen molar-refractivity contribution in [3.05, 3.63) is 66.1 Å². The van der Waals surface area contributed by atoms with E-state index >= 15 is 0 Å². The second-order valence-electron chi connectivity index (χ2n) is 4.22. The Bertz CT molecular complexity index is 824. The molecule has 2 aromatic carbocycles. The Hall–Kier alpha value is -2.93. The molecule has 0 amide bonds. The van der Waals surface area contributed by atoms with E-state index in [-0.39, 0.29) is 11.3 Å². The van der Waals surface area contributed by atoms with Crippen LogP contribution in [0.3, 0.4) is 0 Å². The predicted octanol–water partition coefficient (Wildman–Crippen LogP) is 4.04. The number of aromatic nitrogens is 1. The van der Waals surface area contributed by atoms with E-state index in [0.717, 1.165) is 17.0 Å². The molecular weight excluding hydrogens is 255 g/mol. The highest BCUT2D eigenvalue weighted by atomic mass is 19.1. The maximum Gasteiger partial charge on any atom is 0.167 e. The number of hydrogen-bond acceptors (Lipinski definition) is 3. The first-order valence-electron chi connectivity index (χ1n) is 5.98. The Morgan fingerprint density at radius 2 is 1.95 bits per heavy atom. The number of ether oxygens (including phenoxy) is 1. The molecule has 0 bridgehead atoms. The standard InChI is InChI=1S/C16H9FN2O/c17-14-7-11(9-18)5-6-16(14)20-13-8-12-3-1-2-4-15(12)19-10-13/h1-8,10H. The van der Waals surface area contributed by atoms with Gasteiger partial charge in [-0.05, 0) is 30.3 Å². The molecule has 3 aromatic rings. The van der Waals surface area contributed by atoms with E-state index in [2.05, 4.69) is 4.98 Å². The van der Waals surface area contributed by atoms with Crippen molar-refractivity contribution in [1.82, 2.24) is 4.98 Å². The summed E-state index contributed by atoms with van der Waals surface area (Å²) in [7, 11) is 0. The van der Waals surface area contributed by atoms with Crippen molar-refractivity contribution in [1.29, 1.82) is 5.26 Å². The normalized spacial score (nSPS) is 10.2. The third-order valence-corrected chi connectivity index (χ3v) is 2.85. The van der Waals surface area contributed by atoms with Crippen LogP contribution in [0.4, 0.5) is 4.39 Å². The van der Waals surface area contributed by atoms with E-state index in [9.17, 15) is 4.39 Å². The summed E-state index contributed by atoms with van der Waals surface area (Å²) in [6.07, 6.45) is 1.54. The molecule has 0 N–H and O–H groups in total. The largest absolute Gasteiger partial charge is 0.453 e. The van der Waals surface area contributed by atoms with Gasteiger partial charge >= 0.3 is 0 Å². The average Bonchev–Trinajstić information content (AvgIpc) is 2.49. The SMILES string of the molecule is N#Cc1ccc(Oc2cnc3ccccc3c2)c(F)c1. The van der Waals surface area contributed by atoms with E-state index in [4.69, 9.17) is 10.00 Å². The first-order chi connectivity index (χ1) is 9.76. The van der Waals surface area contributed by atoms with E-state index in [0.29, 0.717) is 5.75 Å². The molecule has 3 nitrogen and oxygen atoms in total. The van der Waals surface area contributed by atoms with Crippen LogP contribution in [-0.2, 0) is 0 Å². The molecule has 0 unspecified atom stereocenters. The predicted molar refractivity (Wildman–Crippen MR) is 72.9 cm³/mol. The van der Waals surface area contributed by atoms with Gasteiger partial charge in [0.05, 0.1) is 23.3 Å². The van der Waals surface area contributed by atoms with Crippen LogP contribution in [0.15, 0.2) is 54.7 Å². The Balaban J connectivity index is 1.95. The van der Waals surface area contributed by atoms with Gasteiger partial charge in [0.1, 0.15) is 5.75 Å². The lowest BCUT2D eigenvalue weighted by Crippen LogP contribution is -1.90. The van der Waals surface area contributed by atoms with Crippen LogP contribution < -0.4 is 4.74 Å². The summed E-state index contributed by atoms with van der Waals surface area (Å²) in [5, 5.41) is 9.61. The summed E-state index contributed by atoms with van der Waals surface area (Å²) in [6.45, 7) is 0. The number of rotatable bonds is 2. The van der Waals surface area contributed by atoms with E-state index in [1.807, 2.05) is 30.3 Å². The molecule has 0 aliphatic carbocycles. The second kappa shape index (κ2) is 4.98. The van der Waals surface area contributed by atoms with Crippen molar-refractivity contribution < 1.29 is 9.13 Å². The number of hydrogen-bond donors (Lipinski definition) is 0. The summed E-state index contributed by atoms with van der Waals surface area (Å²) in [6, 6.07) is 15.3. The first kappa shape index (κ1) is 12.1. The van der Waals surface area contributed by atoms with Gasteiger partial charge < -0.3 is 4.74 Å². The molecule has 0 spiro atoms. The fraction of sp³-hybridized carbons (Fsp3) is 0. The summed E-state index contributed by atoms with van der Waals surface area (Å²) in [4.78, 5) is 4.24. The molecule has 0 aliphatic rings. The van der Waals surface area contributed by atoms with Crippen molar-refractivity contribution in [3.8, 4) is 17.6 Å². The quantitative estimate of drug-likeness (QED) is 0.701. The van der Waals surface area contributed by atoms with Crippen molar-refractivity contribution >= 4 is 10.9 Å². The zero-order valence-corrected chi connectivity index (χ0v) is 10.4. The van der Waals surface area contributed by atoms with E-state index < -0.39 is 5.82 Å². The fourth-order valence-corrected chi connectivity index (χ4v) is 1.89.